The number of nitrogens with one attached hydrogen (secondary N) is 1. The molecule has 26 heavy (non-hydrogen) atoms. The van der Waals surface area contributed by atoms with Crippen molar-refractivity contribution in [1.82, 2.24) is 18.8 Å². The predicted octanol–water partition coefficient (Wildman–Crippen LogP) is -0.985. The molecule has 0 aromatic carbocycles. The lowest BCUT2D eigenvalue weighted by molar-refractivity contribution is 0.183. The number of nitrogens with zero attached hydrogens (tertiary/aromatic N) is 3. The van der Waals surface area contributed by atoms with Crippen LogP contribution in [0.1, 0.15) is 5.56 Å². The zero-order valence-electron chi connectivity index (χ0n) is 14.5. The molecule has 0 saturated carbocycles. The average molecular weight is 380 g/mol. The Morgan fingerprint density at radius 3 is 2.62 bits per heavy atom. The van der Waals surface area contributed by atoms with Gasteiger partial charge in [0, 0.05) is 38.6 Å². The standard InChI is InChI=1S/C16H20N4O5S/c1-19-8-14(15(21)20(2)16(19)22)26(23,24)18-13-10-25-9-12(13)7-11-3-5-17-6-4-11/h3-6,8,12-13,18H,7,9-10H2,1-2H3/t12-,13+/m1/s1. The van der Waals surface area contributed by atoms with Crippen LogP contribution in [-0.4, -0.2) is 41.8 Å². The summed E-state index contributed by atoms with van der Waals surface area (Å²) in [7, 11) is -1.46. The van der Waals surface area contributed by atoms with E-state index in [1.165, 1.54) is 14.1 Å². The van der Waals surface area contributed by atoms with Gasteiger partial charge in [0.1, 0.15) is 0 Å². The maximum absolute atomic E-state index is 12.7. The lowest BCUT2D eigenvalue weighted by atomic mass is 9.96. The van der Waals surface area contributed by atoms with E-state index in [0.29, 0.717) is 13.0 Å². The number of aromatic nitrogens is 3. The third-order valence-electron chi connectivity index (χ3n) is 4.46. The second kappa shape index (κ2) is 7.14. The first-order valence-electron chi connectivity index (χ1n) is 8.05. The van der Waals surface area contributed by atoms with Crippen molar-refractivity contribution < 1.29 is 13.2 Å². The molecule has 2 aromatic heterocycles. The molecule has 0 spiro atoms. The number of pyridine rings is 1. The molecular weight excluding hydrogens is 360 g/mol. The minimum atomic E-state index is -4.10. The highest BCUT2D eigenvalue weighted by Gasteiger charge is 2.33. The molecule has 2 aromatic rings. The van der Waals surface area contributed by atoms with Crippen LogP contribution in [0.2, 0.25) is 0 Å². The Morgan fingerprint density at radius 1 is 1.23 bits per heavy atom. The van der Waals surface area contributed by atoms with Crippen molar-refractivity contribution in [3.05, 3.63) is 57.1 Å². The fraction of sp³-hybridized carbons (Fsp3) is 0.438. The summed E-state index contributed by atoms with van der Waals surface area (Å²) in [6, 6.07) is 3.27. The molecule has 2 atom stereocenters. The first-order valence-corrected chi connectivity index (χ1v) is 9.53. The molecule has 1 aliphatic rings. The van der Waals surface area contributed by atoms with Gasteiger partial charge >= 0.3 is 5.69 Å². The minimum Gasteiger partial charge on any atom is -0.379 e. The van der Waals surface area contributed by atoms with Crippen LogP contribution in [0.15, 0.2) is 45.2 Å². The summed E-state index contributed by atoms with van der Waals surface area (Å²) in [6.07, 6.45) is 5.03. The summed E-state index contributed by atoms with van der Waals surface area (Å²) in [5.41, 5.74) is -0.420. The molecule has 0 unspecified atom stereocenters. The van der Waals surface area contributed by atoms with Crippen LogP contribution in [0.25, 0.3) is 0 Å². The van der Waals surface area contributed by atoms with E-state index in [2.05, 4.69) is 9.71 Å². The van der Waals surface area contributed by atoms with Gasteiger partial charge in [0.15, 0.2) is 4.90 Å². The van der Waals surface area contributed by atoms with Crippen LogP contribution >= 0.6 is 0 Å². The first-order chi connectivity index (χ1) is 12.3. The molecule has 140 valence electrons. The van der Waals surface area contributed by atoms with Crippen molar-refractivity contribution in [2.24, 2.45) is 20.0 Å². The fourth-order valence-electron chi connectivity index (χ4n) is 2.97. The Morgan fingerprint density at radius 2 is 1.92 bits per heavy atom. The van der Waals surface area contributed by atoms with Crippen molar-refractivity contribution >= 4 is 10.0 Å². The first kappa shape index (κ1) is 18.5. The lowest BCUT2D eigenvalue weighted by Crippen LogP contribution is -2.45. The number of hydrogen-bond acceptors (Lipinski definition) is 6. The monoisotopic (exact) mass is 380 g/mol. The van der Waals surface area contributed by atoms with E-state index in [1.807, 2.05) is 12.1 Å². The van der Waals surface area contributed by atoms with E-state index in [0.717, 1.165) is 20.9 Å². The molecule has 3 heterocycles. The second-order valence-corrected chi connectivity index (χ2v) is 8.02. The summed E-state index contributed by atoms with van der Waals surface area (Å²) in [5, 5.41) is 0. The molecule has 1 fully saturated rings. The van der Waals surface area contributed by atoms with Gasteiger partial charge in [-0.1, -0.05) is 0 Å². The summed E-state index contributed by atoms with van der Waals surface area (Å²) in [4.78, 5) is 27.5. The molecular formula is C16H20N4O5S. The van der Waals surface area contributed by atoms with Gasteiger partial charge < -0.3 is 9.30 Å². The van der Waals surface area contributed by atoms with Crippen LogP contribution in [0.4, 0.5) is 0 Å². The maximum Gasteiger partial charge on any atom is 0.330 e. The van der Waals surface area contributed by atoms with Crippen LogP contribution in [0.5, 0.6) is 0 Å². The van der Waals surface area contributed by atoms with Gasteiger partial charge in [-0.3, -0.25) is 14.3 Å². The number of rotatable bonds is 5. The van der Waals surface area contributed by atoms with Crippen molar-refractivity contribution in [2.45, 2.75) is 17.4 Å². The molecule has 10 heteroatoms. The van der Waals surface area contributed by atoms with E-state index < -0.39 is 32.2 Å². The van der Waals surface area contributed by atoms with Crippen molar-refractivity contribution in [2.75, 3.05) is 13.2 Å². The zero-order valence-corrected chi connectivity index (χ0v) is 15.3. The third-order valence-corrected chi connectivity index (χ3v) is 5.93. The summed E-state index contributed by atoms with van der Waals surface area (Å²) >= 11 is 0. The Balaban J connectivity index is 1.85. The quantitative estimate of drug-likeness (QED) is 0.713. The molecule has 3 rings (SSSR count). The predicted molar refractivity (Wildman–Crippen MR) is 93.3 cm³/mol. The normalized spacial score (nSPS) is 20.4. The van der Waals surface area contributed by atoms with E-state index in [1.54, 1.807) is 12.4 Å². The van der Waals surface area contributed by atoms with E-state index >= 15 is 0 Å². The molecule has 0 radical (unpaired) electrons. The molecule has 1 saturated heterocycles. The van der Waals surface area contributed by atoms with E-state index in [-0.39, 0.29) is 12.5 Å². The fourth-order valence-corrected chi connectivity index (χ4v) is 4.42. The largest absolute Gasteiger partial charge is 0.379 e. The molecule has 0 aliphatic carbocycles. The Bertz CT molecular complexity index is 1010. The van der Waals surface area contributed by atoms with Gasteiger partial charge in [-0.15, -0.1) is 0 Å². The van der Waals surface area contributed by atoms with Gasteiger partial charge in [-0.2, -0.15) is 0 Å². The highest BCUT2D eigenvalue weighted by atomic mass is 32.2. The van der Waals surface area contributed by atoms with Crippen LogP contribution in [0.3, 0.4) is 0 Å². The lowest BCUT2D eigenvalue weighted by Gasteiger charge is -2.19. The number of aryl methyl sites for hydroxylation is 1. The highest BCUT2D eigenvalue weighted by Crippen LogP contribution is 2.20. The molecule has 1 aliphatic heterocycles. The summed E-state index contributed by atoms with van der Waals surface area (Å²) < 4.78 is 35.3. The average Bonchev–Trinajstić information content (AvgIpc) is 3.03. The number of hydrogen-bond donors (Lipinski definition) is 1. The second-order valence-electron chi connectivity index (χ2n) is 6.34. The zero-order chi connectivity index (χ0) is 18.9. The molecule has 9 nitrogen and oxygen atoms in total. The van der Waals surface area contributed by atoms with Crippen molar-refractivity contribution in [1.29, 1.82) is 0 Å². The van der Waals surface area contributed by atoms with E-state index in [9.17, 15) is 18.0 Å². The van der Waals surface area contributed by atoms with Gasteiger partial charge in [0.2, 0.25) is 10.0 Å². The molecule has 1 N–H and O–H groups in total. The summed E-state index contributed by atoms with van der Waals surface area (Å²) in [6.45, 7) is 0.641. The van der Waals surface area contributed by atoms with Crippen molar-refractivity contribution in [3.63, 3.8) is 0 Å². The van der Waals surface area contributed by atoms with Gasteiger partial charge in [-0.25, -0.2) is 17.9 Å². The van der Waals surface area contributed by atoms with Crippen LogP contribution in [0, 0.1) is 5.92 Å². The molecule has 0 amide bonds. The van der Waals surface area contributed by atoms with Crippen LogP contribution in [-0.2, 0) is 35.3 Å². The highest BCUT2D eigenvalue weighted by molar-refractivity contribution is 7.89. The Labute approximate surface area is 150 Å². The topological polar surface area (TPSA) is 112 Å². The Kier molecular flexibility index (Phi) is 5.08. The number of ether oxygens (including phenoxy) is 1. The SMILES string of the molecule is Cn1cc(S(=O)(=O)N[C@H]2COC[C@H]2Cc2ccncc2)c(=O)n(C)c1=O. The van der Waals surface area contributed by atoms with Crippen LogP contribution < -0.4 is 16.0 Å². The Hall–Kier alpha value is -2.30. The minimum absolute atomic E-state index is 0.0661. The molecule has 0 bridgehead atoms. The van der Waals surface area contributed by atoms with Gasteiger partial charge in [0.05, 0.1) is 19.3 Å². The van der Waals surface area contributed by atoms with E-state index in [4.69, 9.17) is 4.74 Å². The van der Waals surface area contributed by atoms with Crippen molar-refractivity contribution in [3.8, 4) is 0 Å². The summed E-state index contributed by atoms with van der Waals surface area (Å²) in [5.74, 6) is -0.0661. The third kappa shape index (κ3) is 3.62. The smallest absolute Gasteiger partial charge is 0.330 e. The maximum atomic E-state index is 12.7. The van der Waals surface area contributed by atoms with Gasteiger partial charge in [0.25, 0.3) is 5.56 Å². The van der Waals surface area contributed by atoms with Gasteiger partial charge in [-0.05, 0) is 24.1 Å². The number of sulfonamides is 1.